The first kappa shape index (κ1) is 29.7. The molecule has 0 saturated carbocycles. The van der Waals surface area contributed by atoms with Crippen LogP contribution in [0.2, 0.25) is 0 Å². The predicted octanol–water partition coefficient (Wildman–Crippen LogP) is -4.69. The molecule has 0 amide bonds. The predicted molar refractivity (Wildman–Crippen MR) is 33.4 cm³/mol. The van der Waals surface area contributed by atoms with Crippen molar-refractivity contribution >= 4 is 16.4 Å². The second kappa shape index (κ2) is 13.4. The summed E-state index contributed by atoms with van der Waals surface area (Å²) in [5.41, 5.74) is 0. The SMILES string of the molecule is CC(=O)O.O.O=S(=O)([O-])[O-].[Li+].[NH4+]. The van der Waals surface area contributed by atoms with Crippen molar-refractivity contribution in [2.75, 3.05) is 0 Å². The van der Waals surface area contributed by atoms with Gasteiger partial charge in [-0.3, -0.25) is 13.2 Å². The first-order chi connectivity index (χ1) is 3.73. The van der Waals surface area contributed by atoms with Crippen molar-refractivity contribution in [3.63, 3.8) is 0 Å². The van der Waals surface area contributed by atoms with E-state index in [0.29, 0.717) is 0 Å². The molecule has 0 unspecified atom stereocenters. The van der Waals surface area contributed by atoms with Crippen LogP contribution >= 0.6 is 0 Å². The second-order valence-electron chi connectivity index (χ2n) is 0.927. The molecule has 0 bridgehead atoms. The van der Waals surface area contributed by atoms with Crippen molar-refractivity contribution in [3.05, 3.63) is 0 Å². The first-order valence-corrected chi connectivity index (χ1v) is 2.93. The van der Waals surface area contributed by atoms with Gasteiger partial charge < -0.3 is 25.8 Å². The molecule has 0 rings (SSSR count). The van der Waals surface area contributed by atoms with Crippen molar-refractivity contribution in [1.82, 2.24) is 6.15 Å². The summed E-state index contributed by atoms with van der Waals surface area (Å²) < 4.78 is 34.1. The molecule has 0 heterocycles. The maximum absolute atomic E-state index is 9.00. The van der Waals surface area contributed by atoms with E-state index < -0.39 is 16.4 Å². The quantitative estimate of drug-likeness (QED) is 0.224. The summed E-state index contributed by atoms with van der Waals surface area (Å²) in [5, 5.41) is 7.42. The van der Waals surface area contributed by atoms with Crippen LogP contribution in [0.1, 0.15) is 6.92 Å². The molecule has 0 aliphatic rings. The van der Waals surface area contributed by atoms with E-state index in [2.05, 4.69) is 0 Å². The number of hydrogen-bond donors (Lipinski definition) is 2. The Morgan fingerprint density at radius 3 is 1.33 bits per heavy atom. The number of carboxylic acid groups (broad SMARTS) is 1. The van der Waals surface area contributed by atoms with Gasteiger partial charge in [-0.1, -0.05) is 0 Å². The van der Waals surface area contributed by atoms with Crippen molar-refractivity contribution in [2.45, 2.75) is 6.92 Å². The number of rotatable bonds is 0. The third-order valence-corrected chi connectivity index (χ3v) is 0. The van der Waals surface area contributed by atoms with Gasteiger partial charge in [-0.05, 0) is 0 Å². The molecule has 10 heteroatoms. The van der Waals surface area contributed by atoms with Crippen molar-refractivity contribution in [3.8, 4) is 0 Å². The Labute approximate surface area is 81.6 Å². The number of hydrogen-bond acceptors (Lipinski definition) is 5. The molecule has 0 radical (unpaired) electrons. The van der Waals surface area contributed by atoms with E-state index >= 15 is 0 Å². The standard InChI is InChI=1S/C2H4O2.Li.H3N.H2O4S.H2O/c1-2(3)4;;;1-5(2,3)4;/h1H3,(H,3,4);;1H3;(H2,1,2,3,4);1H2/q;+1;;;/p-1. The summed E-state index contributed by atoms with van der Waals surface area (Å²) in [6, 6.07) is 0. The molecule has 72 valence electrons. The molecule has 0 spiro atoms. The summed E-state index contributed by atoms with van der Waals surface area (Å²) >= 11 is 0. The molecule has 0 aliphatic carbocycles. The average molecular weight is 199 g/mol. The average Bonchev–Trinajstić information content (AvgIpc) is 1.19. The normalized spacial score (nSPS) is 6.92. The molecule has 7 N–H and O–H groups in total. The molecule has 0 saturated heterocycles. The van der Waals surface area contributed by atoms with E-state index in [9.17, 15) is 0 Å². The summed E-state index contributed by atoms with van der Waals surface area (Å²) in [6.07, 6.45) is 0. The van der Waals surface area contributed by atoms with Crippen molar-refractivity contribution in [2.24, 2.45) is 0 Å². The van der Waals surface area contributed by atoms with Gasteiger partial charge in [-0.25, -0.2) is 0 Å². The van der Waals surface area contributed by atoms with E-state index in [-0.39, 0.29) is 30.5 Å². The van der Waals surface area contributed by atoms with Crippen LogP contribution in [-0.2, 0) is 15.2 Å². The maximum atomic E-state index is 9.00. The Hall–Kier alpha value is -0.143. The van der Waals surface area contributed by atoms with Gasteiger partial charge in [-0.15, -0.1) is 0 Å². The van der Waals surface area contributed by atoms with Crippen LogP contribution in [0.25, 0.3) is 0 Å². The van der Waals surface area contributed by atoms with Gasteiger partial charge in [0.05, 0.1) is 0 Å². The molecule has 0 aromatic heterocycles. The molecule has 0 atom stereocenters. The molecule has 0 aromatic rings. The molecular formula is C2H10LiNO7S. The molecule has 0 aromatic carbocycles. The van der Waals surface area contributed by atoms with Crippen LogP contribution < -0.4 is 25.0 Å². The third kappa shape index (κ3) is 38000. The topological polar surface area (TPSA) is 186 Å². The maximum Gasteiger partial charge on any atom is 1.00 e. The zero-order valence-electron chi connectivity index (χ0n) is 6.90. The summed E-state index contributed by atoms with van der Waals surface area (Å²) in [6.45, 7) is 1.08. The minimum absolute atomic E-state index is 0. The van der Waals surface area contributed by atoms with Gasteiger partial charge in [0.2, 0.25) is 0 Å². The van der Waals surface area contributed by atoms with Crippen LogP contribution in [0.4, 0.5) is 0 Å². The van der Waals surface area contributed by atoms with Crippen LogP contribution in [0, 0.1) is 0 Å². The molecule has 12 heavy (non-hydrogen) atoms. The van der Waals surface area contributed by atoms with Crippen molar-refractivity contribution in [1.29, 1.82) is 0 Å². The van der Waals surface area contributed by atoms with E-state index in [1.165, 1.54) is 0 Å². The van der Waals surface area contributed by atoms with E-state index in [0.717, 1.165) is 6.92 Å². The Morgan fingerprint density at radius 1 is 1.33 bits per heavy atom. The minimum atomic E-state index is -5.17. The summed E-state index contributed by atoms with van der Waals surface area (Å²) in [4.78, 5) is 9.00. The molecular weight excluding hydrogens is 189 g/mol. The molecule has 0 aliphatic heterocycles. The van der Waals surface area contributed by atoms with Crippen molar-refractivity contribution < 1.29 is 51.8 Å². The van der Waals surface area contributed by atoms with E-state index in [1.54, 1.807) is 0 Å². The monoisotopic (exact) mass is 199 g/mol. The smallest absolute Gasteiger partial charge is 0.759 e. The summed E-state index contributed by atoms with van der Waals surface area (Å²) in [7, 11) is -5.17. The van der Waals surface area contributed by atoms with Crippen LogP contribution in [-0.4, -0.2) is 34.1 Å². The number of aliphatic carboxylic acids is 1. The molecule has 8 nitrogen and oxygen atoms in total. The zero-order valence-corrected chi connectivity index (χ0v) is 7.71. The Morgan fingerprint density at radius 2 is 1.33 bits per heavy atom. The van der Waals surface area contributed by atoms with Gasteiger partial charge in [-0.2, -0.15) is 0 Å². The Bertz CT molecular complexity index is 164. The van der Waals surface area contributed by atoms with Gasteiger partial charge in [0, 0.05) is 17.3 Å². The van der Waals surface area contributed by atoms with Gasteiger partial charge in [0.15, 0.2) is 0 Å². The molecule has 0 fully saturated rings. The third-order valence-electron chi connectivity index (χ3n) is 0. The Kier molecular flexibility index (Phi) is 33.3. The van der Waals surface area contributed by atoms with Gasteiger partial charge >= 0.3 is 18.9 Å². The largest absolute Gasteiger partial charge is 1.00 e. The van der Waals surface area contributed by atoms with Gasteiger partial charge in [0.1, 0.15) is 0 Å². The van der Waals surface area contributed by atoms with Crippen LogP contribution in [0.3, 0.4) is 0 Å². The number of carboxylic acids is 1. The fraction of sp³-hybridized carbons (Fsp3) is 0.500. The van der Waals surface area contributed by atoms with Gasteiger partial charge in [0.25, 0.3) is 5.97 Å². The van der Waals surface area contributed by atoms with Crippen LogP contribution in [0.15, 0.2) is 0 Å². The number of quaternary nitrogens is 1. The number of carbonyl (C=O) groups is 1. The fourth-order valence-corrected chi connectivity index (χ4v) is 0. The Balaban J connectivity index is -0.0000000221. The van der Waals surface area contributed by atoms with E-state index in [4.69, 9.17) is 27.4 Å². The van der Waals surface area contributed by atoms with Crippen LogP contribution in [0.5, 0.6) is 0 Å². The minimum Gasteiger partial charge on any atom is -0.759 e. The fourth-order valence-electron chi connectivity index (χ4n) is 0. The zero-order chi connectivity index (χ0) is 8.08. The summed E-state index contributed by atoms with van der Waals surface area (Å²) in [5.74, 6) is -0.833. The first-order valence-electron chi connectivity index (χ1n) is 1.59. The second-order valence-corrected chi connectivity index (χ2v) is 1.74. The van der Waals surface area contributed by atoms with E-state index in [1.807, 2.05) is 0 Å².